The van der Waals surface area contributed by atoms with E-state index in [1.165, 1.54) is 0 Å². The first kappa shape index (κ1) is 14.9. The number of nitrogens with one attached hydrogen (secondary N) is 1. The summed E-state index contributed by atoms with van der Waals surface area (Å²) in [7, 11) is 1.83. The van der Waals surface area contributed by atoms with E-state index >= 15 is 0 Å². The summed E-state index contributed by atoms with van der Waals surface area (Å²) in [6.07, 6.45) is 4.79. The van der Waals surface area contributed by atoms with Crippen molar-refractivity contribution in [3.8, 4) is 6.07 Å². The van der Waals surface area contributed by atoms with Crippen LogP contribution in [-0.4, -0.2) is 26.0 Å². The molecule has 0 aromatic carbocycles. The predicted octanol–water partition coefficient (Wildman–Crippen LogP) is 2.14. The molecule has 3 atom stereocenters. The highest BCUT2D eigenvalue weighted by Gasteiger charge is 2.43. The van der Waals surface area contributed by atoms with Gasteiger partial charge in [-0.3, -0.25) is 9.67 Å². The van der Waals surface area contributed by atoms with Crippen molar-refractivity contribution in [2.24, 2.45) is 7.05 Å². The molecule has 1 aliphatic heterocycles. The topological polar surface area (TPSA) is 79.4 Å². The number of aryl methyl sites for hydroxylation is 1. The summed E-state index contributed by atoms with van der Waals surface area (Å²) in [5.41, 5.74) is 0.974. The molecule has 0 saturated carbocycles. The Balaban J connectivity index is 1.96. The fraction of sp³-hybridized carbons (Fsp3) is 0.467. The second-order valence-electron chi connectivity index (χ2n) is 5.90. The Morgan fingerprint density at radius 1 is 1.45 bits per heavy atom. The maximum Gasteiger partial charge on any atom is 0.103 e. The number of halogens is 1. The number of hydrogen-bond donors (Lipinski definition) is 1. The minimum Gasteiger partial charge on any atom is -0.306 e. The van der Waals surface area contributed by atoms with Crippen molar-refractivity contribution in [1.29, 1.82) is 5.26 Å². The summed E-state index contributed by atoms with van der Waals surface area (Å²) < 4.78 is 1.67. The van der Waals surface area contributed by atoms with E-state index in [0.717, 1.165) is 11.4 Å². The van der Waals surface area contributed by atoms with Crippen LogP contribution in [-0.2, 0) is 12.5 Å². The second-order valence-corrected chi connectivity index (χ2v) is 6.34. The van der Waals surface area contributed by atoms with E-state index in [-0.39, 0.29) is 12.1 Å². The van der Waals surface area contributed by atoms with Crippen molar-refractivity contribution in [2.45, 2.75) is 37.3 Å². The molecule has 0 aliphatic carbocycles. The molecule has 6 nitrogen and oxygen atoms in total. The predicted molar refractivity (Wildman–Crippen MR) is 82.1 cm³/mol. The SMILES string of the molecule is C[C@H]1CC(C#N)(c2ccc(Cl)cn2)C[C@@H](c2cn(C)nn2)N1. The summed E-state index contributed by atoms with van der Waals surface area (Å²) in [4.78, 5) is 4.39. The largest absolute Gasteiger partial charge is 0.306 e. The molecule has 1 unspecified atom stereocenters. The Morgan fingerprint density at radius 2 is 2.27 bits per heavy atom. The van der Waals surface area contributed by atoms with E-state index < -0.39 is 5.41 Å². The molecule has 1 saturated heterocycles. The van der Waals surface area contributed by atoms with E-state index in [2.05, 4.69) is 33.6 Å². The highest BCUT2D eigenvalue weighted by atomic mass is 35.5. The molecular weight excluding hydrogens is 300 g/mol. The Hall–Kier alpha value is -1.97. The summed E-state index contributed by atoms with van der Waals surface area (Å²) >= 11 is 5.92. The molecule has 22 heavy (non-hydrogen) atoms. The number of hydrogen-bond acceptors (Lipinski definition) is 5. The molecule has 1 fully saturated rings. The third-order valence-electron chi connectivity index (χ3n) is 4.10. The molecule has 0 spiro atoms. The third-order valence-corrected chi connectivity index (χ3v) is 4.33. The Bertz CT molecular complexity index is 704. The lowest BCUT2D eigenvalue weighted by Gasteiger charge is -2.39. The van der Waals surface area contributed by atoms with Crippen LogP contribution in [0.1, 0.15) is 37.2 Å². The molecule has 0 amide bonds. The summed E-state index contributed by atoms with van der Waals surface area (Å²) in [5, 5.41) is 22.1. The van der Waals surface area contributed by atoms with E-state index in [1.807, 2.05) is 19.3 Å². The Kier molecular flexibility index (Phi) is 3.85. The first-order valence-corrected chi connectivity index (χ1v) is 7.56. The molecule has 2 aromatic rings. The van der Waals surface area contributed by atoms with Crippen LogP contribution in [0.25, 0.3) is 0 Å². The molecule has 7 heteroatoms. The molecule has 2 aromatic heterocycles. The van der Waals surface area contributed by atoms with Crippen molar-refractivity contribution < 1.29 is 0 Å². The lowest BCUT2D eigenvalue weighted by molar-refractivity contribution is 0.250. The maximum atomic E-state index is 9.86. The fourth-order valence-electron chi connectivity index (χ4n) is 3.15. The first-order valence-electron chi connectivity index (χ1n) is 7.18. The Labute approximate surface area is 134 Å². The van der Waals surface area contributed by atoms with Gasteiger partial charge in [-0.2, -0.15) is 5.26 Å². The Morgan fingerprint density at radius 3 is 2.86 bits per heavy atom. The summed E-state index contributed by atoms with van der Waals surface area (Å²) in [6, 6.07) is 6.28. The number of nitrogens with zero attached hydrogens (tertiary/aromatic N) is 5. The normalized spacial score (nSPS) is 28.3. The second kappa shape index (κ2) is 5.67. The fourth-order valence-corrected chi connectivity index (χ4v) is 3.26. The standard InChI is InChI=1S/C15H17ClN6/c1-10-5-15(9-17,14-4-3-11(16)7-18-14)6-12(19-10)13-8-22(2)21-20-13/h3-4,7-8,10,12,19H,5-6H2,1-2H3/t10-,12-,15?/m0/s1. The monoisotopic (exact) mass is 316 g/mol. The number of rotatable bonds is 2. The summed E-state index contributed by atoms with van der Waals surface area (Å²) in [6.45, 7) is 2.07. The van der Waals surface area contributed by atoms with Gasteiger partial charge in [-0.15, -0.1) is 5.10 Å². The van der Waals surface area contributed by atoms with Gasteiger partial charge in [0.15, 0.2) is 0 Å². The van der Waals surface area contributed by atoms with Gasteiger partial charge in [0.25, 0.3) is 0 Å². The van der Waals surface area contributed by atoms with Crippen LogP contribution in [0, 0.1) is 11.3 Å². The lowest BCUT2D eigenvalue weighted by atomic mass is 9.71. The van der Waals surface area contributed by atoms with Crippen molar-refractivity contribution in [3.63, 3.8) is 0 Å². The van der Waals surface area contributed by atoms with Crippen molar-refractivity contribution >= 4 is 11.6 Å². The molecule has 3 rings (SSSR count). The minimum absolute atomic E-state index is 0.0189. The molecule has 3 heterocycles. The van der Waals surface area contributed by atoms with E-state index in [1.54, 1.807) is 16.9 Å². The average Bonchev–Trinajstić information content (AvgIpc) is 2.94. The maximum absolute atomic E-state index is 9.86. The smallest absolute Gasteiger partial charge is 0.103 e. The van der Waals surface area contributed by atoms with Gasteiger partial charge in [0.1, 0.15) is 5.41 Å². The zero-order chi connectivity index (χ0) is 15.7. The van der Waals surface area contributed by atoms with Gasteiger partial charge in [0, 0.05) is 25.5 Å². The first-order chi connectivity index (χ1) is 10.5. The van der Waals surface area contributed by atoms with Gasteiger partial charge in [-0.1, -0.05) is 16.8 Å². The lowest BCUT2D eigenvalue weighted by Crippen LogP contribution is -2.46. The van der Waals surface area contributed by atoms with Crippen LogP contribution in [0.5, 0.6) is 0 Å². The van der Waals surface area contributed by atoms with Crippen LogP contribution in [0.3, 0.4) is 0 Å². The van der Waals surface area contributed by atoms with E-state index in [9.17, 15) is 5.26 Å². The third kappa shape index (κ3) is 2.70. The zero-order valence-corrected chi connectivity index (χ0v) is 13.2. The molecule has 1 aliphatic rings. The molecular formula is C15H17ClN6. The quantitative estimate of drug-likeness (QED) is 0.918. The van der Waals surface area contributed by atoms with Gasteiger partial charge in [0.05, 0.1) is 28.5 Å². The number of aromatic nitrogens is 4. The molecule has 1 N–H and O–H groups in total. The zero-order valence-electron chi connectivity index (χ0n) is 12.5. The number of nitriles is 1. The van der Waals surface area contributed by atoms with Gasteiger partial charge in [0.2, 0.25) is 0 Å². The highest BCUT2D eigenvalue weighted by molar-refractivity contribution is 6.30. The van der Waals surface area contributed by atoms with Crippen LogP contribution in [0.4, 0.5) is 0 Å². The van der Waals surface area contributed by atoms with Crippen LogP contribution < -0.4 is 5.32 Å². The number of pyridine rings is 1. The van der Waals surface area contributed by atoms with Gasteiger partial charge >= 0.3 is 0 Å². The van der Waals surface area contributed by atoms with E-state index in [0.29, 0.717) is 17.9 Å². The molecule has 0 bridgehead atoms. The van der Waals surface area contributed by atoms with Crippen molar-refractivity contribution in [2.75, 3.05) is 0 Å². The molecule has 0 radical (unpaired) electrons. The molecule has 114 valence electrons. The summed E-state index contributed by atoms with van der Waals surface area (Å²) in [5.74, 6) is 0. The van der Waals surface area contributed by atoms with Gasteiger partial charge in [-0.25, -0.2) is 0 Å². The average molecular weight is 317 g/mol. The van der Waals surface area contributed by atoms with Crippen LogP contribution >= 0.6 is 11.6 Å². The van der Waals surface area contributed by atoms with Gasteiger partial charge in [-0.05, 0) is 31.9 Å². The number of piperidine rings is 1. The van der Waals surface area contributed by atoms with Gasteiger partial charge < -0.3 is 5.32 Å². The van der Waals surface area contributed by atoms with Crippen molar-refractivity contribution in [1.82, 2.24) is 25.3 Å². The van der Waals surface area contributed by atoms with Crippen LogP contribution in [0.15, 0.2) is 24.5 Å². The van der Waals surface area contributed by atoms with Crippen LogP contribution in [0.2, 0.25) is 5.02 Å². The minimum atomic E-state index is -0.641. The highest BCUT2D eigenvalue weighted by Crippen LogP contribution is 2.40. The van der Waals surface area contributed by atoms with Crippen molar-refractivity contribution in [3.05, 3.63) is 40.9 Å². The van der Waals surface area contributed by atoms with E-state index in [4.69, 9.17) is 11.6 Å².